The van der Waals surface area contributed by atoms with Gasteiger partial charge in [-0.3, -0.25) is 4.90 Å². The minimum absolute atomic E-state index is 0.116. The van der Waals surface area contributed by atoms with Crippen molar-refractivity contribution in [2.45, 2.75) is 99.5 Å². The van der Waals surface area contributed by atoms with Gasteiger partial charge in [0.1, 0.15) is 0 Å². The predicted octanol–water partition coefficient (Wildman–Crippen LogP) is 16.6. The van der Waals surface area contributed by atoms with Crippen LogP contribution < -0.4 is 10.4 Å². The highest BCUT2D eigenvalue weighted by Gasteiger charge is 2.61. The van der Waals surface area contributed by atoms with Crippen molar-refractivity contribution in [2.75, 3.05) is 19.9 Å². The van der Waals surface area contributed by atoms with Gasteiger partial charge in [-0.25, -0.2) is 0 Å². The Morgan fingerprint density at radius 1 is 0.521 bits per heavy atom. The number of fused-ring (bicyclic) bond motifs is 2. The van der Waals surface area contributed by atoms with E-state index >= 15 is 0 Å². The molecule has 1 spiro atoms. The maximum Gasteiger partial charge on any atom is 0.0992 e. The third kappa shape index (κ3) is 4.63. The fraction of sp³-hybridized carbons (Fsp3) is 0.304. The summed E-state index contributed by atoms with van der Waals surface area (Å²) in [4.78, 5) is 2.78. The van der Waals surface area contributed by atoms with E-state index in [-0.39, 0.29) is 5.41 Å². The smallest absolute Gasteiger partial charge is 0.0992 e. The van der Waals surface area contributed by atoms with E-state index in [4.69, 9.17) is 4.74 Å². The van der Waals surface area contributed by atoms with E-state index in [0.717, 1.165) is 32.7 Å². The fourth-order valence-corrected chi connectivity index (χ4v) is 17.1. The first-order valence-electron chi connectivity index (χ1n) is 27.7. The van der Waals surface area contributed by atoms with Crippen LogP contribution in [0.3, 0.4) is 0 Å². The summed E-state index contributed by atoms with van der Waals surface area (Å²) in [6, 6.07) is 23.8. The molecule has 0 bridgehead atoms. The first-order chi connectivity index (χ1) is 35.1. The van der Waals surface area contributed by atoms with E-state index < -0.39 is 0 Å². The van der Waals surface area contributed by atoms with Crippen LogP contribution >= 0.6 is 0 Å². The van der Waals surface area contributed by atoms with Crippen molar-refractivity contribution < 1.29 is 4.74 Å². The highest BCUT2D eigenvalue weighted by Crippen LogP contribution is 2.68. The molecule has 1 heterocycles. The normalized spacial score (nSPS) is 23.0. The molecule has 71 heavy (non-hydrogen) atoms. The Morgan fingerprint density at radius 3 is 1.56 bits per heavy atom. The molecular formula is C69H63NO. The maximum absolute atomic E-state index is 6.28. The molecule has 1 fully saturated rings. The van der Waals surface area contributed by atoms with Crippen molar-refractivity contribution in [3.05, 3.63) is 142 Å². The van der Waals surface area contributed by atoms with Gasteiger partial charge in [0.05, 0.1) is 6.73 Å². The summed E-state index contributed by atoms with van der Waals surface area (Å²) in [7, 11) is 0. The van der Waals surface area contributed by atoms with Crippen LogP contribution in [0.15, 0.2) is 109 Å². The number of benzene rings is 9. The summed E-state index contributed by atoms with van der Waals surface area (Å²) in [5.41, 5.74) is 9.97. The van der Waals surface area contributed by atoms with Crippen LogP contribution in [0.4, 0.5) is 0 Å². The monoisotopic (exact) mass is 921 g/mol. The number of likely N-dealkylation sites (tertiary alicyclic amines) is 1. The summed E-state index contributed by atoms with van der Waals surface area (Å²) in [6.45, 7) is 21.4. The zero-order chi connectivity index (χ0) is 48.1. The largest absolute Gasteiger partial charge is 0.366 e. The van der Waals surface area contributed by atoms with Crippen molar-refractivity contribution >= 4 is 130 Å². The summed E-state index contributed by atoms with van der Waals surface area (Å²) >= 11 is 0. The number of aryl methyl sites for hydroxylation is 1. The highest BCUT2D eigenvalue weighted by molar-refractivity contribution is 6.63. The quantitative estimate of drug-likeness (QED) is 0.163. The molecule has 13 aromatic carbocycles. The third-order valence-electron chi connectivity index (χ3n) is 18.9. The van der Waals surface area contributed by atoms with Crippen LogP contribution in [0.25, 0.3) is 130 Å². The van der Waals surface area contributed by atoms with Crippen LogP contribution in [0.2, 0.25) is 0 Å². The molecule has 7 aliphatic rings. The molecule has 1 saturated heterocycles. The Hall–Kier alpha value is -6.32. The molecular weight excluding hydrogens is 859 g/mol. The van der Waals surface area contributed by atoms with Gasteiger partial charge >= 0.3 is 0 Å². The van der Waals surface area contributed by atoms with E-state index in [1.165, 1.54) is 39.9 Å². The molecule has 2 heteroatoms. The van der Waals surface area contributed by atoms with Gasteiger partial charge in [0.15, 0.2) is 0 Å². The average Bonchev–Trinajstić information content (AvgIpc) is 4.30. The molecule has 6 aliphatic carbocycles. The lowest BCUT2D eigenvalue weighted by Gasteiger charge is -2.42. The average molecular weight is 922 g/mol. The van der Waals surface area contributed by atoms with Gasteiger partial charge in [-0.15, -0.1) is 0 Å². The minimum atomic E-state index is 0.116. The van der Waals surface area contributed by atoms with Crippen molar-refractivity contribution in [2.24, 2.45) is 17.8 Å². The lowest BCUT2D eigenvalue weighted by atomic mass is 9.60. The second-order valence-electron chi connectivity index (χ2n) is 21.4. The summed E-state index contributed by atoms with van der Waals surface area (Å²) in [5, 5.41) is 38.5. The van der Waals surface area contributed by atoms with E-state index in [1.54, 1.807) is 135 Å². The van der Waals surface area contributed by atoms with Crippen LogP contribution in [0.5, 0.6) is 0 Å². The lowest BCUT2D eigenvalue weighted by Crippen LogP contribution is -2.48. The van der Waals surface area contributed by atoms with Gasteiger partial charge in [0, 0.05) is 42.4 Å². The zero-order valence-electron chi connectivity index (χ0n) is 43.0. The van der Waals surface area contributed by atoms with Crippen LogP contribution in [0.1, 0.15) is 90.5 Å². The van der Waals surface area contributed by atoms with Gasteiger partial charge in [-0.2, -0.15) is 0 Å². The van der Waals surface area contributed by atoms with Crippen molar-refractivity contribution in [3.8, 4) is 0 Å². The third-order valence-corrected chi connectivity index (χ3v) is 18.9. The van der Waals surface area contributed by atoms with Crippen molar-refractivity contribution in [1.82, 2.24) is 4.90 Å². The van der Waals surface area contributed by atoms with Gasteiger partial charge in [-0.05, 0) is 203 Å². The molecule has 350 valence electrons. The van der Waals surface area contributed by atoms with E-state index in [1.807, 2.05) is 59.7 Å². The highest BCUT2D eigenvalue weighted by atomic mass is 16.5. The molecule has 1 aliphatic heterocycles. The number of hydrogen-bond donors (Lipinski definition) is 0. The second-order valence-corrected chi connectivity index (χ2v) is 21.4. The Bertz CT molecular complexity index is 4410. The standard InChI is InChI=1S/C46H27NO.C10H10.C7H8.3C2H6/c1-3-24-46-12-21-10-19-8-16-5-15-6-18-7-17-9-20-11-22(23(46)13-47(24)14-48-4-2)32-37-28(20)27(17)34-29(18)33-25(15)26(16)35-30(19)36-31(21)45(46)44(32)43-41(36)39(35)38(33)40(34)42(37)43;1-2-6-10-8-4-3-7-9(10)5-1;1-7-5-3-2-4-6-7;3*1-2/h5-8,10,23-24H,3-4,9,11-14H2,1-2H3;1-10H;2-6H,1H3;3*1-2H3. The van der Waals surface area contributed by atoms with Crippen molar-refractivity contribution in [3.63, 3.8) is 0 Å². The number of nitrogens with zero attached hydrogens (tertiary/aromatic N) is 1. The lowest BCUT2D eigenvalue weighted by molar-refractivity contribution is 0.0192. The van der Waals surface area contributed by atoms with Crippen molar-refractivity contribution in [1.29, 1.82) is 0 Å². The minimum Gasteiger partial charge on any atom is -0.366 e. The predicted molar refractivity (Wildman–Crippen MR) is 309 cm³/mol. The molecule has 3 atom stereocenters. The van der Waals surface area contributed by atoms with Gasteiger partial charge in [0.25, 0.3) is 0 Å². The molecule has 0 radical (unpaired) electrons. The number of ether oxygens (including phenoxy) is 1. The number of rotatable bonds is 4. The molecule has 13 aromatic rings. The Kier molecular flexibility index (Phi) is 8.74. The fourth-order valence-electron chi connectivity index (χ4n) is 17.1. The van der Waals surface area contributed by atoms with Gasteiger partial charge in [0.2, 0.25) is 0 Å². The van der Waals surface area contributed by atoms with E-state index in [0.29, 0.717) is 23.8 Å². The van der Waals surface area contributed by atoms with E-state index in [2.05, 4.69) is 117 Å². The molecule has 0 aromatic heterocycles. The van der Waals surface area contributed by atoms with Crippen LogP contribution in [-0.4, -0.2) is 30.8 Å². The first kappa shape index (κ1) is 42.4. The first-order valence-corrected chi connectivity index (χ1v) is 27.7. The Balaban J connectivity index is 0.000000166. The molecule has 0 amide bonds. The Morgan fingerprint density at radius 2 is 1.01 bits per heavy atom. The molecule has 3 unspecified atom stereocenters. The topological polar surface area (TPSA) is 12.5 Å². The summed E-state index contributed by atoms with van der Waals surface area (Å²) < 4.78 is 6.28. The van der Waals surface area contributed by atoms with Gasteiger partial charge < -0.3 is 4.74 Å². The molecule has 0 saturated carbocycles. The Labute approximate surface area is 416 Å². The number of allylic oxidation sites excluding steroid dienone is 8. The van der Waals surface area contributed by atoms with Gasteiger partial charge in [-0.1, -0.05) is 156 Å². The SMILES string of the molecule is C1=CC2C=CC=CC2C=C1.CC.CC.CC.CCOCN1CC2C3=c4c5c6c7c(cc8cc9cc%10cc%11cc%12c%13c(c4c4c5c5c7c8c7c9c%10c8c%11c%13c4c8c75)=C(C3)C%12)CC62C1CC.Cc1ccccc1. The molecule has 2 nitrogen and oxygen atoms in total. The summed E-state index contributed by atoms with van der Waals surface area (Å²) in [5.74, 6) is 1.78. The second kappa shape index (κ2) is 14.7. The summed E-state index contributed by atoms with van der Waals surface area (Å²) in [6.07, 6.45) is 22.1. The van der Waals surface area contributed by atoms with E-state index in [9.17, 15) is 0 Å². The van der Waals surface area contributed by atoms with Crippen LogP contribution in [-0.2, 0) is 23.0 Å². The number of hydrogen-bond acceptors (Lipinski definition) is 2. The maximum atomic E-state index is 6.28. The molecule has 20 rings (SSSR count). The molecule has 0 N–H and O–H groups in total. The van der Waals surface area contributed by atoms with Crippen LogP contribution in [0, 0.1) is 24.7 Å². The zero-order valence-corrected chi connectivity index (χ0v) is 43.0.